The van der Waals surface area contributed by atoms with E-state index in [9.17, 15) is 17.6 Å². The summed E-state index contributed by atoms with van der Waals surface area (Å²) >= 11 is 0. The molecule has 0 aliphatic heterocycles. The molecule has 0 saturated heterocycles. The third kappa shape index (κ3) is 4.87. The van der Waals surface area contributed by atoms with Crippen LogP contribution in [0.15, 0.2) is 53.4 Å². The van der Waals surface area contributed by atoms with Crippen molar-refractivity contribution in [3.63, 3.8) is 0 Å². The number of esters is 1. The number of carbonyl (C=O) groups is 1. The molecule has 0 bridgehead atoms. The van der Waals surface area contributed by atoms with Gasteiger partial charge >= 0.3 is 5.97 Å². The van der Waals surface area contributed by atoms with E-state index in [0.29, 0.717) is 0 Å². The predicted molar refractivity (Wildman–Crippen MR) is 82.6 cm³/mol. The van der Waals surface area contributed by atoms with Crippen LogP contribution in [0.3, 0.4) is 0 Å². The lowest BCUT2D eigenvalue weighted by molar-refractivity contribution is -0.143. The quantitative estimate of drug-likeness (QED) is 0.820. The number of benzene rings is 2. The number of rotatable bonds is 6. The molecule has 5 nitrogen and oxygen atoms in total. The van der Waals surface area contributed by atoms with Crippen LogP contribution in [0.5, 0.6) is 0 Å². The summed E-state index contributed by atoms with van der Waals surface area (Å²) in [4.78, 5) is 11.1. The van der Waals surface area contributed by atoms with Gasteiger partial charge in [0.05, 0.1) is 0 Å². The van der Waals surface area contributed by atoms with Crippen molar-refractivity contribution in [1.82, 2.24) is 4.72 Å². The first-order valence-electron chi connectivity index (χ1n) is 6.84. The van der Waals surface area contributed by atoms with Crippen molar-refractivity contribution < 1.29 is 22.3 Å². The van der Waals surface area contributed by atoms with Crippen molar-refractivity contribution in [2.45, 2.75) is 18.4 Å². The number of aryl methyl sites for hydroxylation is 1. The number of hydrogen-bond donors (Lipinski definition) is 1. The number of sulfonamides is 1. The molecule has 2 aromatic carbocycles. The van der Waals surface area contributed by atoms with Gasteiger partial charge in [-0.3, -0.25) is 4.79 Å². The highest BCUT2D eigenvalue weighted by Crippen LogP contribution is 2.12. The predicted octanol–water partition coefficient (Wildman–Crippen LogP) is 2.16. The van der Waals surface area contributed by atoms with Gasteiger partial charge < -0.3 is 4.74 Å². The van der Waals surface area contributed by atoms with Crippen molar-refractivity contribution >= 4 is 16.0 Å². The molecule has 1 N–H and O–H groups in total. The second-order valence-electron chi connectivity index (χ2n) is 4.90. The van der Waals surface area contributed by atoms with Crippen LogP contribution in [0.25, 0.3) is 0 Å². The van der Waals surface area contributed by atoms with E-state index in [1.165, 1.54) is 12.1 Å². The molecule has 2 aromatic rings. The van der Waals surface area contributed by atoms with Gasteiger partial charge in [-0.25, -0.2) is 12.8 Å². The Labute approximate surface area is 134 Å². The maximum Gasteiger partial charge on any atom is 0.321 e. The van der Waals surface area contributed by atoms with Crippen LogP contribution in [0, 0.1) is 12.7 Å². The normalized spacial score (nSPS) is 11.2. The van der Waals surface area contributed by atoms with Crippen molar-refractivity contribution in [2.75, 3.05) is 6.54 Å². The first kappa shape index (κ1) is 17.1. The van der Waals surface area contributed by atoms with Crippen molar-refractivity contribution in [1.29, 1.82) is 0 Å². The van der Waals surface area contributed by atoms with E-state index < -0.39 is 33.3 Å². The zero-order valence-electron chi connectivity index (χ0n) is 12.5. The fourth-order valence-corrected chi connectivity index (χ4v) is 2.84. The van der Waals surface area contributed by atoms with Crippen LogP contribution in [0.4, 0.5) is 4.39 Å². The minimum Gasteiger partial charge on any atom is -0.460 e. The van der Waals surface area contributed by atoms with Crippen molar-refractivity contribution in [2.24, 2.45) is 0 Å². The molecule has 7 heteroatoms. The number of nitrogens with one attached hydrogen (secondary N) is 1. The molecule has 0 aliphatic carbocycles. The van der Waals surface area contributed by atoms with Gasteiger partial charge in [0.15, 0.2) is 0 Å². The first-order chi connectivity index (χ1) is 10.9. The highest BCUT2D eigenvalue weighted by atomic mass is 32.2. The number of carbonyl (C=O) groups excluding carboxylic acids is 1. The molecular formula is C16H16FNO4S. The van der Waals surface area contributed by atoms with Crippen LogP contribution in [-0.2, 0) is 26.2 Å². The Morgan fingerprint density at radius 2 is 1.78 bits per heavy atom. The molecule has 0 aromatic heterocycles. The second kappa shape index (κ2) is 7.34. The minimum absolute atomic E-state index is 0.0422. The first-order valence-corrected chi connectivity index (χ1v) is 8.32. The average molecular weight is 337 g/mol. The van der Waals surface area contributed by atoms with Gasteiger partial charge in [0.1, 0.15) is 23.9 Å². The lowest BCUT2D eigenvalue weighted by Crippen LogP contribution is -2.31. The fourth-order valence-electron chi connectivity index (χ4n) is 1.79. The van der Waals surface area contributed by atoms with Gasteiger partial charge in [-0.15, -0.1) is 0 Å². The molecule has 0 atom stereocenters. The summed E-state index contributed by atoms with van der Waals surface area (Å²) in [5.41, 5.74) is 1.87. The van der Waals surface area contributed by atoms with E-state index in [2.05, 4.69) is 0 Å². The summed E-state index contributed by atoms with van der Waals surface area (Å²) in [6, 6.07) is 12.3. The van der Waals surface area contributed by atoms with Crippen LogP contribution >= 0.6 is 0 Å². The Balaban J connectivity index is 1.89. The molecule has 0 fully saturated rings. The molecule has 2 rings (SSSR count). The van der Waals surface area contributed by atoms with Crippen molar-refractivity contribution in [3.05, 3.63) is 65.5 Å². The molecule has 0 heterocycles. The Hall–Kier alpha value is -2.25. The van der Waals surface area contributed by atoms with E-state index >= 15 is 0 Å². The minimum atomic E-state index is -4.10. The topological polar surface area (TPSA) is 72.5 Å². The molecule has 0 amide bonds. The number of hydrogen-bond acceptors (Lipinski definition) is 4. The zero-order chi connectivity index (χ0) is 16.9. The fraction of sp³-hybridized carbons (Fsp3) is 0.188. The van der Waals surface area contributed by atoms with E-state index in [0.717, 1.165) is 23.3 Å². The molecule has 0 unspecified atom stereocenters. The summed E-state index contributed by atoms with van der Waals surface area (Å²) in [7, 11) is -4.10. The largest absolute Gasteiger partial charge is 0.460 e. The number of halogens is 1. The maximum atomic E-state index is 13.5. The average Bonchev–Trinajstić information content (AvgIpc) is 2.53. The lowest BCUT2D eigenvalue weighted by Gasteiger charge is -2.08. The summed E-state index contributed by atoms with van der Waals surface area (Å²) in [5, 5.41) is 0. The summed E-state index contributed by atoms with van der Waals surface area (Å²) in [6.45, 7) is 1.41. The highest BCUT2D eigenvalue weighted by molar-refractivity contribution is 7.89. The molecule has 0 saturated carbocycles. The lowest BCUT2D eigenvalue weighted by atomic mass is 10.2. The zero-order valence-corrected chi connectivity index (χ0v) is 13.3. The Morgan fingerprint density at radius 3 is 2.43 bits per heavy atom. The van der Waals surface area contributed by atoms with Gasteiger partial charge in [0.2, 0.25) is 10.0 Å². The van der Waals surface area contributed by atoms with E-state index in [-0.39, 0.29) is 6.61 Å². The Morgan fingerprint density at radius 1 is 1.13 bits per heavy atom. The highest BCUT2D eigenvalue weighted by Gasteiger charge is 2.19. The Bertz CT molecular complexity index is 788. The molecule has 0 radical (unpaired) electrons. The molecule has 23 heavy (non-hydrogen) atoms. The van der Waals surface area contributed by atoms with E-state index in [1.54, 1.807) is 0 Å². The van der Waals surface area contributed by atoms with E-state index in [1.807, 2.05) is 35.9 Å². The summed E-state index contributed by atoms with van der Waals surface area (Å²) in [5.74, 6) is -1.63. The van der Waals surface area contributed by atoms with Crippen LogP contribution in [0.2, 0.25) is 0 Å². The van der Waals surface area contributed by atoms with Crippen LogP contribution in [0.1, 0.15) is 11.1 Å². The van der Waals surface area contributed by atoms with Gasteiger partial charge in [0.25, 0.3) is 0 Å². The smallest absolute Gasteiger partial charge is 0.321 e. The second-order valence-corrected chi connectivity index (χ2v) is 6.64. The molecular weight excluding hydrogens is 321 g/mol. The van der Waals surface area contributed by atoms with E-state index in [4.69, 9.17) is 4.74 Å². The van der Waals surface area contributed by atoms with Gasteiger partial charge in [0, 0.05) is 0 Å². The van der Waals surface area contributed by atoms with Gasteiger partial charge in [-0.05, 0) is 24.6 Å². The standard InChI is InChI=1S/C16H16FNO4S/c1-12-6-8-13(9-7-12)11-22-16(19)10-18-23(20,21)15-5-3-2-4-14(15)17/h2-9,18H,10-11H2,1H3. The van der Waals surface area contributed by atoms with Crippen molar-refractivity contribution in [3.8, 4) is 0 Å². The third-order valence-corrected chi connectivity index (χ3v) is 4.49. The maximum absolute atomic E-state index is 13.5. The Kier molecular flexibility index (Phi) is 5.46. The molecule has 0 aliphatic rings. The summed E-state index contributed by atoms with van der Waals surface area (Å²) in [6.07, 6.45) is 0. The van der Waals surface area contributed by atoms with Gasteiger partial charge in [-0.2, -0.15) is 4.72 Å². The van der Waals surface area contributed by atoms with Crippen LogP contribution < -0.4 is 4.72 Å². The molecule has 0 spiro atoms. The third-order valence-electron chi connectivity index (χ3n) is 3.05. The van der Waals surface area contributed by atoms with Gasteiger partial charge in [-0.1, -0.05) is 42.0 Å². The SMILES string of the molecule is Cc1ccc(COC(=O)CNS(=O)(=O)c2ccccc2F)cc1. The number of ether oxygens (including phenoxy) is 1. The summed E-state index contributed by atoms with van der Waals surface area (Å²) < 4.78 is 44.3. The van der Waals surface area contributed by atoms with Crippen LogP contribution in [-0.4, -0.2) is 20.9 Å². The monoisotopic (exact) mass is 337 g/mol. The molecule has 122 valence electrons.